The summed E-state index contributed by atoms with van der Waals surface area (Å²) >= 11 is 0. The first-order valence-corrected chi connectivity index (χ1v) is 9.35. The molecule has 7 nitrogen and oxygen atoms in total. The first kappa shape index (κ1) is 18.9. The highest BCUT2D eigenvalue weighted by molar-refractivity contribution is 5.61. The Labute approximate surface area is 166 Å². The molecule has 0 aliphatic carbocycles. The van der Waals surface area contributed by atoms with Crippen LogP contribution in [0, 0.1) is 11.6 Å². The van der Waals surface area contributed by atoms with Crippen molar-refractivity contribution in [1.29, 1.82) is 0 Å². The lowest BCUT2D eigenvalue weighted by molar-refractivity contribution is 0.553. The molecule has 1 atom stereocenters. The van der Waals surface area contributed by atoms with E-state index in [1.54, 1.807) is 6.07 Å². The molecule has 1 aliphatic rings. The number of nitrogens with two attached hydrogens (primary N) is 1. The van der Waals surface area contributed by atoms with Crippen LogP contribution in [0.3, 0.4) is 0 Å². The third kappa shape index (κ3) is 4.03. The van der Waals surface area contributed by atoms with E-state index in [4.69, 9.17) is 5.73 Å². The van der Waals surface area contributed by atoms with Crippen LogP contribution in [0.1, 0.15) is 37.1 Å². The van der Waals surface area contributed by atoms with Crippen LogP contribution in [-0.2, 0) is 0 Å². The molecule has 1 saturated heterocycles. The number of halogens is 2. The molecule has 4 N–H and O–H groups in total. The van der Waals surface area contributed by atoms with Crippen LogP contribution in [-0.4, -0.2) is 26.7 Å². The summed E-state index contributed by atoms with van der Waals surface area (Å²) in [4.78, 5) is 10.5. The van der Waals surface area contributed by atoms with Crippen LogP contribution in [0.5, 0.6) is 0 Å². The van der Waals surface area contributed by atoms with E-state index < -0.39 is 11.6 Å². The number of benzene rings is 1. The number of allylic oxidation sites excluding steroid dienone is 1. The first-order chi connectivity index (χ1) is 14.0. The number of rotatable bonds is 5. The van der Waals surface area contributed by atoms with Crippen LogP contribution in [0.15, 0.2) is 36.4 Å². The van der Waals surface area contributed by atoms with E-state index in [-0.39, 0.29) is 12.0 Å². The second-order valence-corrected chi connectivity index (χ2v) is 6.82. The summed E-state index contributed by atoms with van der Waals surface area (Å²) in [6, 6.07) is 7.02. The monoisotopic (exact) mass is 397 g/mol. The largest absolute Gasteiger partial charge is 0.368 e. The van der Waals surface area contributed by atoms with E-state index in [1.165, 1.54) is 12.1 Å². The molecular weight excluding hydrogens is 376 g/mol. The number of anilines is 4. The van der Waals surface area contributed by atoms with Crippen molar-refractivity contribution >= 4 is 29.5 Å². The molecule has 150 valence electrons. The summed E-state index contributed by atoms with van der Waals surface area (Å²) in [6.45, 7) is 2.60. The van der Waals surface area contributed by atoms with Gasteiger partial charge in [0.15, 0.2) is 5.82 Å². The molecule has 0 bridgehead atoms. The van der Waals surface area contributed by atoms with Crippen LogP contribution in [0.25, 0.3) is 6.08 Å². The van der Waals surface area contributed by atoms with E-state index in [0.29, 0.717) is 29.6 Å². The average Bonchev–Trinajstić information content (AvgIpc) is 3.31. The molecule has 29 heavy (non-hydrogen) atoms. The van der Waals surface area contributed by atoms with Gasteiger partial charge in [-0.3, -0.25) is 5.10 Å². The van der Waals surface area contributed by atoms with Crippen LogP contribution in [0.2, 0.25) is 0 Å². The van der Waals surface area contributed by atoms with Crippen molar-refractivity contribution in [3.8, 4) is 0 Å². The van der Waals surface area contributed by atoms with Gasteiger partial charge in [0.25, 0.3) is 0 Å². The van der Waals surface area contributed by atoms with E-state index in [2.05, 4.69) is 25.5 Å². The zero-order chi connectivity index (χ0) is 20.4. The third-order valence-electron chi connectivity index (χ3n) is 4.80. The molecule has 0 spiro atoms. The Morgan fingerprint density at radius 1 is 1.21 bits per heavy atom. The Morgan fingerprint density at radius 3 is 2.86 bits per heavy atom. The number of hydrogen-bond acceptors (Lipinski definition) is 6. The normalized spacial score (nSPS) is 16.7. The van der Waals surface area contributed by atoms with E-state index in [0.717, 1.165) is 24.6 Å². The van der Waals surface area contributed by atoms with Gasteiger partial charge in [-0.15, -0.1) is 0 Å². The number of aromatic amines is 1. The van der Waals surface area contributed by atoms with Gasteiger partial charge in [-0.05, 0) is 31.9 Å². The number of H-pyrrole nitrogens is 1. The first-order valence-electron chi connectivity index (χ1n) is 9.35. The van der Waals surface area contributed by atoms with Gasteiger partial charge in [-0.25, -0.2) is 8.78 Å². The summed E-state index contributed by atoms with van der Waals surface area (Å²) in [5.74, 6) is 0.594. The van der Waals surface area contributed by atoms with E-state index in [9.17, 15) is 8.78 Å². The Balaban J connectivity index is 1.62. The molecule has 9 heteroatoms. The van der Waals surface area contributed by atoms with Crippen LogP contribution >= 0.6 is 0 Å². The fourth-order valence-electron chi connectivity index (χ4n) is 3.60. The highest BCUT2D eigenvalue weighted by Gasteiger charge is 2.30. The third-order valence-corrected chi connectivity index (χ3v) is 4.80. The van der Waals surface area contributed by atoms with Gasteiger partial charge in [0, 0.05) is 30.3 Å². The SMILES string of the molecule is C/C=C/c1cc(Nc2cc(N3CCCC3c3ccc(F)cc3F)nc(N)n2)n[nH]1. The Hall–Kier alpha value is -3.49. The lowest BCUT2D eigenvalue weighted by Gasteiger charge is -2.26. The summed E-state index contributed by atoms with van der Waals surface area (Å²) < 4.78 is 27.7. The van der Waals surface area contributed by atoms with Crippen molar-refractivity contribution in [2.75, 3.05) is 22.5 Å². The number of nitrogen functional groups attached to an aromatic ring is 1. The second kappa shape index (κ2) is 7.86. The zero-order valence-corrected chi connectivity index (χ0v) is 15.9. The number of nitrogens with one attached hydrogen (secondary N) is 2. The molecule has 1 aromatic carbocycles. The van der Waals surface area contributed by atoms with Gasteiger partial charge in [0.05, 0.1) is 11.7 Å². The van der Waals surface area contributed by atoms with E-state index >= 15 is 0 Å². The van der Waals surface area contributed by atoms with Crippen molar-refractivity contribution in [3.63, 3.8) is 0 Å². The summed E-state index contributed by atoms with van der Waals surface area (Å²) in [5.41, 5.74) is 7.21. The number of hydrogen-bond donors (Lipinski definition) is 3. The Morgan fingerprint density at radius 2 is 2.07 bits per heavy atom. The van der Waals surface area contributed by atoms with Gasteiger partial charge >= 0.3 is 0 Å². The number of aromatic nitrogens is 4. The van der Waals surface area contributed by atoms with Crippen molar-refractivity contribution < 1.29 is 8.78 Å². The van der Waals surface area contributed by atoms with Crippen molar-refractivity contribution in [2.24, 2.45) is 0 Å². The van der Waals surface area contributed by atoms with Gasteiger partial charge < -0.3 is 16.0 Å². The fourth-order valence-corrected chi connectivity index (χ4v) is 3.60. The number of nitrogens with zero attached hydrogens (tertiary/aromatic N) is 4. The van der Waals surface area contributed by atoms with Crippen molar-refractivity contribution in [3.05, 3.63) is 59.3 Å². The molecule has 1 aliphatic heterocycles. The molecule has 4 rings (SSSR count). The Bertz CT molecular complexity index is 1050. The lowest BCUT2D eigenvalue weighted by Crippen LogP contribution is -2.25. The van der Waals surface area contributed by atoms with E-state index in [1.807, 2.05) is 30.0 Å². The predicted molar refractivity (Wildman–Crippen MR) is 109 cm³/mol. The molecular formula is C20H21F2N7. The highest BCUT2D eigenvalue weighted by Crippen LogP contribution is 2.37. The smallest absolute Gasteiger partial charge is 0.223 e. The maximum Gasteiger partial charge on any atom is 0.223 e. The quantitative estimate of drug-likeness (QED) is 0.598. The molecule has 3 aromatic rings. The van der Waals surface area contributed by atoms with Gasteiger partial charge in [0.1, 0.15) is 23.3 Å². The van der Waals surface area contributed by atoms with Crippen molar-refractivity contribution in [2.45, 2.75) is 25.8 Å². The second-order valence-electron chi connectivity index (χ2n) is 6.82. The van der Waals surface area contributed by atoms with Crippen LogP contribution < -0.4 is 16.0 Å². The van der Waals surface area contributed by atoms with Crippen molar-refractivity contribution in [1.82, 2.24) is 20.2 Å². The van der Waals surface area contributed by atoms with Gasteiger partial charge in [-0.2, -0.15) is 15.1 Å². The maximum atomic E-state index is 14.3. The van der Waals surface area contributed by atoms with Gasteiger partial charge in [0.2, 0.25) is 5.95 Å². The lowest BCUT2D eigenvalue weighted by atomic mass is 10.0. The van der Waals surface area contributed by atoms with Crippen LogP contribution in [0.4, 0.5) is 32.2 Å². The standard InChI is InChI=1S/C20H21F2N7/c1-2-4-13-10-18(28-27-13)24-17-11-19(26-20(23)25-17)29-8-3-5-16(29)14-7-6-12(21)9-15(14)22/h2,4,6-7,9-11,16H,3,5,8H2,1H3,(H4,23,24,25,26,27,28)/b4-2+. The summed E-state index contributed by atoms with van der Waals surface area (Å²) in [7, 11) is 0. The minimum absolute atomic E-state index is 0.0967. The highest BCUT2D eigenvalue weighted by atomic mass is 19.1. The summed E-state index contributed by atoms with van der Waals surface area (Å²) in [5, 5.41) is 10.2. The fraction of sp³-hybridized carbons (Fsp3) is 0.250. The molecule has 1 unspecified atom stereocenters. The predicted octanol–water partition coefficient (Wildman–Crippen LogP) is 4.18. The average molecular weight is 397 g/mol. The zero-order valence-electron chi connectivity index (χ0n) is 15.9. The minimum atomic E-state index is -0.593. The molecule has 0 radical (unpaired) electrons. The molecule has 0 saturated carbocycles. The van der Waals surface area contributed by atoms with Gasteiger partial charge in [-0.1, -0.05) is 12.1 Å². The molecule has 3 heterocycles. The molecule has 1 fully saturated rings. The summed E-state index contributed by atoms with van der Waals surface area (Å²) in [6.07, 6.45) is 5.39. The molecule has 0 amide bonds. The Kier molecular flexibility index (Phi) is 5.11. The minimum Gasteiger partial charge on any atom is -0.368 e. The maximum absolute atomic E-state index is 14.3. The topological polar surface area (TPSA) is 95.8 Å². The molecule has 2 aromatic heterocycles.